The lowest BCUT2D eigenvalue weighted by atomic mass is 10.2. The summed E-state index contributed by atoms with van der Waals surface area (Å²) in [7, 11) is 1.94. The van der Waals surface area contributed by atoms with Gasteiger partial charge in [0.05, 0.1) is 0 Å². The van der Waals surface area contributed by atoms with E-state index in [1.54, 1.807) is 12.1 Å². The van der Waals surface area contributed by atoms with Gasteiger partial charge in [0.1, 0.15) is 11.6 Å². The molecule has 0 bridgehead atoms. The predicted molar refractivity (Wildman–Crippen MR) is 73.0 cm³/mol. The first-order valence-corrected chi connectivity index (χ1v) is 5.80. The van der Waals surface area contributed by atoms with E-state index in [0.717, 1.165) is 22.8 Å². The van der Waals surface area contributed by atoms with Gasteiger partial charge < -0.3 is 15.7 Å². The summed E-state index contributed by atoms with van der Waals surface area (Å²) in [6.07, 6.45) is 0. The van der Waals surface area contributed by atoms with Gasteiger partial charge in [0, 0.05) is 25.0 Å². The van der Waals surface area contributed by atoms with Crippen molar-refractivity contribution in [2.24, 2.45) is 5.73 Å². The highest BCUT2D eigenvalue weighted by atomic mass is 16.3. The van der Waals surface area contributed by atoms with Crippen molar-refractivity contribution in [2.45, 2.75) is 13.5 Å². The minimum atomic E-state index is 0.256. The van der Waals surface area contributed by atoms with Crippen molar-refractivity contribution in [3.63, 3.8) is 0 Å². The van der Waals surface area contributed by atoms with Crippen molar-refractivity contribution in [3.05, 3.63) is 47.7 Å². The number of aromatic hydroxyl groups is 1. The molecule has 1 aromatic carbocycles. The molecule has 0 saturated heterocycles. The van der Waals surface area contributed by atoms with E-state index in [1.807, 2.05) is 43.1 Å². The fraction of sp³-hybridized carbons (Fsp3) is 0.214. The van der Waals surface area contributed by atoms with Crippen LogP contribution in [0.3, 0.4) is 0 Å². The number of aryl methyl sites for hydroxylation is 1. The van der Waals surface area contributed by atoms with Gasteiger partial charge >= 0.3 is 0 Å². The number of hydrogen-bond acceptors (Lipinski definition) is 4. The number of nitrogens with two attached hydrogens (primary N) is 1. The van der Waals surface area contributed by atoms with Gasteiger partial charge in [-0.2, -0.15) is 0 Å². The predicted octanol–water partition coefficient (Wildman–Crippen LogP) is 2.32. The van der Waals surface area contributed by atoms with Crippen molar-refractivity contribution in [3.8, 4) is 5.75 Å². The van der Waals surface area contributed by atoms with Crippen LogP contribution in [0, 0.1) is 6.92 Å². The van der Waals surface area contributed by atoms with E-state index in [2.05, 4.69) is 4.98 Å². The molecule has 3 N–H and O–H groups in total. The van der Waals surface area contributed by atoms with Gasteiger partial charge in [0.2, 0.25) is 0 Å². The van der Waals surface area contributed by atoms with Crippen LogP contribution in [-0.2, 0) is 6.54 Å². The van der Waals surface area contributed by atoms with E-state index in [-0.39, 0.29) is 5.75 Å². The zero-order valence-corrected chi connectivity index (χ0v) is 10.6. The maximum atomic E-state index is 9.28. The van der Waals surface area contributed by atoms with Gasteiger partial charge in [-0.3, -0.25) is 0 Å². The van der Waals surface area contributed by atoms with E-state index in [1.165, 1.54) is 0 Å². The van der Waals surface area contributed by atoms with E-state index in [9.17, 15) is 5.11 Å². The Morgan fingerprint density at radius 1 is 1.22 bits per heavy atom. The fourth-order valence-electron chi connectivity index (χ4n) is 1.82. The van der Waals surface area contributed by atoms with Crippen molar-refractivity contribution in [1.82, 2.24) is 4.98 Å². The maximum absolute atomic E-state index is 9.28. The molecule has 0 saturated carbocycles. The smallest absolute Gasteiger partial charge is 0.133 e. The summed E-state index contributed by atoms with van der Waals surface area (Å²) >= 11 is 0. The molecular formula is C14H17N3O. The molecule has 2 rings (SSSR count). The van der Waals surface area contributed by atoms with Gasteiger partial charge in [-0.1, -0.05) is 0 Å². The van der Waals surface area contributed by atoms with Crippen LogP contribution in [-0.4, -0.2) is 17.1 Å². The van der Waals surface area contributed by atoms with Gasteiger partial charge in [-0.25, -0.2) is 4.98 Å². The fourth-order valence-corrected chi connectivity index (χ4v) is 1.82. The highest BCUT2D eigenvalue weighted by molar-refractivity contribution is 5.60. The number of anilines is 2. The standard InChI is InChI=1S/C14H17N3O/c1-10-7-11(9-15)8-14(16-10)17(2)12-3-5-13(18)6-4-12/h3-8,18H,9,15H2,1-2H3. The third-order valence-electron chi connectivity index (χ3n) is 2.82. The molecule has 94 valence electrons. The Kier molecular flexibility index (Phi) is 3.48. The average Bonchev–Trinajstić information content (AvgIpc) is 2.38. The highest BCUT2D eigenvalue weighted by Crippen LogP contribution is 2.24. The first kappa shape index (κ1) is 12.4. The van der Waals surface area contributed by atoms with Crippen LogP contribution in [0.2, 0.25) is 0 Å². The number of rotatable bonds is 3. The highest BCUT2D eigenvalue weighted by Gasteiger charge is 2.07. The summed E-state index contributed by atoms with van der Waals surface area (Å²) in [5, 5.41) is 9.28. The molecule has 0 atom stereocenters. The molecule has 0 aliphatic heterocycles. The molecule has 1 aromatic heterocycles. The molecule has 18 heavy (non-hydrogen) atoms. The molecule has 0 radical (unpaired) electrons. The lowest BCUT2D eigenvalue weighted by Crippen LogP contribution is -2.12. The second-order valence-corrected chi connectivity index (χ2v) is 4.25. The summed E-state index contributed by atoms with van der Waals surface area (Å²) in [5.41, 5.74) is 8.64. The second-order valence-electron chi connectivity index (χ2n) is 4.25. The molecule has 1 heterocycles. The molecule has 0 fully saturated rings. The Bertz CT molecular complexity index is 537. The average molecular weight is 243 g/mol. The van der Waals surface area contributed by atoms with E-state index >= 15 is 0 Å². The van der Waals surface area contributed by atoms with Crippen LogP contribution in [0.5, 0.6) is 5.75 Å². The number of hydrogen-bond donors (Lipinski definition) is 2. The van der Waals surface area contributed by atoms with Gasteiger partial charge in [0.15, 0.2) is 0 Å². The Morgan fingerprint density at radius 3 is 2.50 bits per heavy atom. The molecule has 0 amide bonds. The number of aromatic nitrogens is 1. The Labute approximate surface area is 107 Å². The number of pyridine rings is 1. The van der Waals surface area contributed by atoms with Crippen LogP contribution in [0.1, 0.15) is 11.3 Å². The number of benzene rings is 1. The first-order valence-electron chi connectivity index (χ1n) is 5.80. The molecule has 0 aliphatic carbocycles. The lowest BCUT2D eigenvalue weighted by molar-refractivity contribution is 0.475. The third kappa shape index (κ3) is 2.60. The summed E-state index contributed by atoms with van der Waals surface area (Å²) in [4.78, 5) is 6.45. The summed E-state index contributed by atoms with van der Waals surface area (Å²) in [6.45, 7) is 2.45. The minimum absolute atomic E-state index is 0.256. The van der Waals surface area contributed by atoms with Crippen molar-refractivity contribution in [2.75, 3.05) is 11.9 Å². The Hall–Kier alpha value is -2.07. The van der Waals surface area contributed by atoms with Crippen LogP contribution in [0.15, 0.2) is 36.4 Å². The van der Waals surface area contributed by atoms with Crippen LogP contribution in [0.25, 0.3) is 0 Å². The van der Waals surface area contributed by atoms with Crippen molar-refractivity contribution >= 4 is 11.5 Å². The monoisotopic (exact) mass is 243 g/mol. The van der Waals surface area contributed by atoms with Crippen LogP contribution < -0.4 is 10.6 Å². The van der Waals surface area contributed by atoms with Gasteiger partial charge in [0.25, 0.3) is 0 Å². The van der Waals surface area contributed by atoms with Crippen molar-refractivity contribution in [1.29, 1.82) is 0 Å². The first-order chi connectivity index (χ1) is 8.60. The molecular weight excluding hydrogens is 226 g/mol. The normalized spacial score (nSPS) is 10.4. The largest absolute Gasteiger partial charge is 0.508 e. The Morgan fingerprint density at radius 2 is 1.89 bits per heavy atom. The SMILES string of the molecule is Cc1cc(CN)cc(N(C)c2ccc(O)cc2)n1. The zero-order chi connectivity index (χ0) is 13.1. The van der Waals surface area contributed by atoms with Crippen LogP contribution >= 0.6 is 0 Å². The molecule has 0 unspecified atom stereocenters. The number of phenols is 1. The van der Waals surface area contributed by atoms with E-state index < -0.39 is 0 Å². The minimum Gasteiger partial charge on any atom is -0.508 e. The third-order valence-corrected chi connectivity index (χ3v) is 2.82. The maximum Gasteiger partial charge on any atom is 0.133 e. The molecule has 4 heteroatoms. The number of nitrogens with zero attached hydrogens (tertiary/aromatic N) is 2. The summed E-state index contributed by atoms with van der Waals surface area (Å²) in [6, 6.07) is 11.0. The van der Waals surface area contributed by atoms with E-state index in [0.29, 0.717) is 6.54 Å². The quantitative estimate of drug-likeness (QED) is 0.868. The van der Waals surface area contributed by atoms with Gasteiger partial charge in [-0.15, -0.1) is 0 Å². The van der Waals surface area contributed by atoms with Crippen LogP contribution in [0.4, 0.5) is 11.5 Å². The molecule has 4 nitrogen and oxygen atoms in total. The molecule has 2 aromatic rings. The summed E-state index contributed by atoms with van der Waals surface area (Å²) in [5.74, 6) is 1.10. The second kappa shape index (κ2) is 5.06. The zero-order valence-electron chi connectivity index (χ0n) is 10.6. The Balaban J connectivity index is 2.35. The molecule has 0 spiro atoms. The lowest BCUT2D eigenvalue weighted by Gasteiger charge is -2.19. The number of phenolic OH excluding ortho intramolecular Hbond substituents is 1. The van der Waals surface area contributed by atoms with Crippen molar-refractivity contribution < 1.29 is 5.11 Å². The summed E-state index contributed by atoms with van der Waals surface area (Å²) < 4.78 is 0. The molecule has 0 aliphatic rings. The topological polar surface area (TPSA) is 62.4 Å². The van der Waals surface area contributed by atoms with E-state index in [4.69, 9.17) is 5.73 Å². The van der Waals surface area contributed by atoms with Gasteiger partial charge in [-0.05, 0) is 48.9 Å².